The lowest BCUT2D eigenvalue weighted by atomic mass is 10.1. The summed E-state index contributed by atoms with van der Waals surface area (Å²) in [5.74, 6) is -0.312. The van der Waals surface area contributed by atoms with Gasteiger partial charge in [-0.2, -0.15) is 0 Å². The molecule has 0 aliphatic carbocycles. The minimum atomic E-state index is -0.692. The van der Waals surface area contributed by atoms with Gasteiger partial charge in [-0.15, -0.1) is 11.3 Å². The summed E-state index contributed by atoms with van der Waals surface area (Å²) in [4.78, 5) is 27.0. The monoisotopic (exact) mass is 342 g/mol. The van der Waals surface area contributed by atoms with Crippen molar-refractivity contribution in [3.05, 3.63) is 22.4 Å². The first kappa shape index (κ1) is 19.4. The minimum Gasteiger partial charge on any atom is -0.444 e. The highest BCUT2D eigenvalue weighted by Crippen LogP contribution is 2.16. The van der Waals surface area contributed by atoms with E-state index in [0.29, 0.717) is 6.42 Å². The van der Waals surface area contributed by atoms with Crippen LogP contribution in [0.25, 0.3) is 0 Å². The molecule has 0 aliphatic heterocycles. The predicted octanol–water partition coefficient (Wildman–Crippen LogP) is 2.02. The number of rotatable bonds is 6. The molecular weight excluding hydrogens is 316 g/mol. The predicted molar refractivity (Wildman–Crippen MR) is 90.5 cm³/mol. The SMILES string of the molecule is C[C@H](O)CNC(=O)[C@@H](Cc1cccs1)N(C)C(=O)OC(C)(C)C. The van der Waals surface area contributed by atoms with E-state index in [1.54, 1.807) is 34.7 Å². The lowest BCUT2D eigenvalue weighted by molar-refractivity contribution is -0.126. The van der Waals surface area contributed by atoms with Crippen LogP contribution in [0.4, 0.5) is 4.79 Å². The number of likely N-dealkylation sites (N-methyl/N-ethyl adjacent to an activating group) is 1. The Morgan fingerprint density at radius 1 is 1.43 bits per heavy atom. The van der Waals surface area contributed by atoms with Gasteiger partial charge < -0.3 is 15.2 Å². The van der Waals surface area contributed by atoms with Crippen LogP contribution in [0.1, 0.15) is 32.6 Å². The molecule has 0 spiro atoms. The summed E-state index contributed by atoms with van der Waals surface area (Å²) in [6.45, 7) is 7.07. The maximum absolute atomic E-state index is 12.4. The van der Waals surface area contributed by atoms with Crippen LogP contribution in [0.3, 0.4) is 0 Å². The van der Waals surface area contributed by atoms with Gasteiger partial charge >= 0.3 is 6.09 Å². The van der Waals surface area contributed by atoms with E-state index in [9.17, 15) is 14.7 Å². The number of amides is 2. The number of nitrogens with zero attached hydrogens (tertiary/aromatic N) is 1. The van der Waals surface area contributed by atoms with E-state index >= 15 is 0 Å². The van der Waals surface area contributed by atoms with Crippen LogP contribution in [-0.2, 0) is 16.0 Å². The standard InChI is InChI=1S/C16H26N2O4S/c1-11(19)10-17-14(20)13(9-12-7-6-8-23-12)18(5)15(21)22-16(2,3)4/h6-8,11,13,19H,9-10H2,1-5H3,(H,17,20)/t11-,13+/m0/s1. The fourth-order valence-electron chi connectivity index (χ4n) is 1.85. The van der Waals surface area contributed by atoms with Crippen molar-refractivity contribution in [2.75, 3.05) is 13.6 Å². The van der Waals surface area contributed by atoms with E-state index in [1.807, 2.05) is 17.5 Å². The molecule has 0 bridgehead atoms. The molecule has 0 fully saturated rings. The van der Waals surface area contributed by atoms with Crippen LogP contribution in [0.2, 0.25) is 0 Å². The Balaban J connectivity index is 2.84. The average molecular weight is 342 g/mol. The molecule has 1 aromatic rings. The van der Waals surface area contributed by atoms with Crippen LogP contribution < -0.4 is 5.32 Å². The smallest absolute Gasteiger partial charge is 0.410 e. The van der Waals surface area contributed by atoms with Gasteiger partial charge in [0.05, 0.1) is 6.10 Å². The van der Waals surface area contributed by atoms with Gasteiger partial charge in [0.1, 0.15) is 11.6 Å². The molecule has 1 rings (SSSR count). The van der Waals surface area contributed by atoms with Crippen molar-refractivity contribution in [2.45, 2.75) is 51.9 Å². The van der Waals surface area contributed by atoms with Gasteiger partial charge in [-0.25, -0.2) is 4.79 Å². The maximum atomic E-state index is 12.4. The van der Waals surface area contributed by atoms with E-state index in [1.165, 1.54) is 16.2 Å². The second kappa shape index (κ2) is 8.31. The number of hydrogen-bond acceptors (Lipinski definition) is 5. The molecule has 2 N–H and O–H groups in total. The Morgan fingerprint density at radius 3 is 2.57 bits per heavy atom. The Hall–Kier alpha value is -1.60. The van der Waals surface area contributed by atoms with Gasteiger partial charge in [-0.1, -0.05) is 6.07 Å². The number of aliphatic hydroxyl groups excluding tert-OH is 1. The van der Waals surface area contributed by atoms with Gasteiger partial charge in [0, 0.05) is 24.9 Å². The van der Waals surface area contributed by atoms with Crippen molar-refractivity contribution in [3.8, 4) is 0 Å². The van der Waals surface area contributed by atoms with E-state index < -0.39 is 23.8 Å². The van der Waals surface area contributed by atoms with Crippen molar-refractivity contribution in [2.24, 2.45) is 0 Å². The molecule has 0 aromatic carbocycles. The van der Waals surface area contributed by atoms with Crippen LogP contribution in [0, 0.1) is 0 Å². The lowest BCUT2D eigenvalue weighted by Gasteiger charge is -2.30. The van der Waals surface area contributed by atoms with Crippen molar-refractivity contribution < 1.29 is 19.4 Å². The summed E-state index contributed by atoms with van der Waals surface area (Å²) in [6.07, 6.45) is -0.793. The van der Waals surface area contributed by atoms with Gasteiger partial charge in [0.15, 0.2) is 0 Å². The highest BCUT2D eigenvalue weighted by Gasteiger charge is 2.30. The van der Waals surface area contributed by atoms with E-state index in [4.69, 9.17) is 4.74 Å². The minimum absolute atomic E-state index is 0.141. The summed E-state index contributed by atoms with van der Waals surface area (Å²) in [6, 6.07) is 3.13. The number of carbonyl (C=O) groups is 2. The normalized spacial score (nSPS) is 14.0. The van der Waals surface area contributed by atoms with Crippen LogP contribution in [-0.4, -0.2) is 53.3 Å². The second-order valence-corrected chi connectivity index (χ2v) is 7.52. The zero-order chi connectivity index (χ0) is 17.6. The molecule has 0 saturated carbocycles. The number of ether oxygens (including phenoxy) is 1. The number of aliphatic hydroxyl groups is 1. The van der Waals surface area contributed by atoms with Crippen LogP contribution >= 0.6 is 11.3 Å². The molecule has 1 heterocycles. The first-order valence-electron chi connectivity index (χ1n) is 7.54. The van der Waals surface area contributed by atoms with Gasteiger partial charge in [-0.3, -0.25) is 9.69 Å². The summed E-state index contributed by atoms with van der Waals surface area (Å²) < 4.78 is 5.34. The molecule has 130 valence electrons. The zero-order valence-corrected chi connectivity index (χ0v) is 15.1. The highest BCUT2D eigenvalue weighted by atomic mass is 32.1. The number of carbonyl (C=O) groups excluding carboxylic acids is 2. The lowest BCUT2D eigenvalue weighted by Crippen LogP contribution is -2.51. The van der Waals surface area contributed by atoms with Crippen molar-refractivity contribution in [3.63, 3.8) is 0 Å². The third-order valence-corrected chi connectivity index (χ3v) is 3.90. The number of thiophene rings is 1. The Kier molecular flexibility index (Phi) is 7.02. The molecule has 6 nitrogen and oxygen atoms in total. The average Bonchev–Trinajstić information content (AvgIpc) is 2.92. The molecule has 0 radical (unpaired) electrons. The van der Waals surface area contributed by atoms with Crippen LogP contribution in [0.15, 0.2) is 17.5 Å². The molecule has 1 aromatic heterocycles. The molecule has 0 aliphatic rings. The van der Waals surface area contributed by atoms with E-state index in [2.05, 4.69) is 5.32 Å². The van der Waals surface area contributed by atoms with E-state index in [0.717, 1.165) is 4.88 Å². The van der Waals surface area contributed by atoms with Crippen molar-refractivity contribution in [1.82, 2.24) is 10.2 Å². The molecule has 7 heteroatoms. The summed E-state index contributed by atoms with van der Waals surface area (Å²) in [5.41, 5.74) is -0.630. The first-order valence-corrected chi connectivity index (χ1v) is 8.42. The first-order chi connectivity index (χ1) is 10.6. The summed E-state index contributed by atoms with van der Waals surface area (Å²) >= 11 is 1.53. The highest BCUT2D eigenvalue weighted by molar-refractivity contribution is 7.09. The molecule has 0 unspecified atom stereocenters. The molecule has 2 amide bonds. The Morgan fingerprint density at radius 2 is 2.09 bits per heavy atom. The third-order valence-electron chi connectivity index (χ3n) is 3.00. The fourth-order valence-corrected chi connectivity index (χ4v) is 2.60. The Bertz CT molecular complexity index is 509. The quantitative estimate of drug-likeness (QED) is 0.829. The summed E-state index contributed by atoms with van der Waals surface area (Å²) in [7, 11) is 1.55. The van der Waals surface area contributed by atoms with Gasteiger partial charge in [0.2, 0.25) is 5.91 Å². The molecule has 23 heavy (non-hydrogen) atoms. The molecule has 0 saturated heterocycles. The number of hydrogen-bond donors (Lipinski definition) is 2. The molecular formula is C16H26N2O4S. The Labute approximate surface area is 141 Å². The van der Waals surface area contributed by atoms with Gasteiger partial charge in [0.25, 0.3) is 0 Å². The fraction of sp³-hybridized carbons (Fsp3) is 0.625. The third kappa shape index (κ3) is 7.00. The zero-order valence-electron chi connectivity index (χ0n) is 14.3. The maximum Gasteiger partial charge on any atom is 0.410 e. The van der Waals surface area contributed by atoms with Crippen molar-refractivity contribution in [1.29, 1.82) is 0 Å². The van der Waals surface area contributed by atoms with Crippen molar-refractivity contribution >= 4 is 23.3 Å². The topological polar surface area (TPSA) is 78.9 Å². The summed E-state index contributed by atoms with van der Waals surface area (Å²) in [5, 5.41) is 13.9. The number of nitrogens with one attached hydrogen (secondary N) is 1. The molecule has 2 atom stereocenters. The van der Waals surface area contributed by atoms with Crippen LogP contribution in [0.5, 0.6) is 0 Å². The largest absolute Gasteiger partial charge is 0.444 e. The second-order valence-electron chi connectivity index (χ2n) is 6.48. The van der Waals surface area contributed by atoms with Gasteiger partial charge in [-0.05, 0) is 39.1 Å². The van der Waals surface area contributed by atoms with E-state index in [-0.39, 0.29) is 12.5 Å².